The summed E-state index contributed by atoms with van der Waals surface area (Å²) in [6.45, 7) is 0.604. The summed E-state index contributed by atoms with van der Waals surface area (Å²) in [6, 6.07) is -0.716. The van der Waals surface area contributed by atoms with Gasteiger partial charge in [0.15, 0.2) is 0 Å². The number of carbonyl (C=O) groups is 1. The molecule has 12 heavy (non-hydrogen) atoms. The predicted molar refractivity (Wildman–Crippen MR) is 45.0 cm³/mol. The van der Waals surface area contributed by atoms with E-state index in [1.165, 1.54) is 0 Å². The Morgan fingerprint density at radius 3 is 2.25 bits per heavy atom. The van der Waals surface area contributed by atoms with Crippen LogP contribution in [0.15, 0.2) is 0 Å². The zero-order chi connectivity index (χ0) is 7.98. The summed E-state index contributed by atoms with van der Waals surface area (Å²) in [5.74, 6) is -0.933. The van der Waals surface area contributed by atoms with Gasteiger partial charge in [-0.1, -0.05) is 6.42 Å². The Balaban J connectivity index is -0.000000405. The Morgan fingerprint density at radius 2 is 1.92 bits per heavy atom. The molecule has 0 saturated carbocycles. The van der Waals surface area contributed by atoms with Crippen LogP contribution in [0.2, 0.25) is 0 Å². The number of carboxylic acids is 1. The number of aliphatic carboxylic acids is 1. The van der Waals surface area contributed by atoms with Crippen molar-refractivity contribution in [3.05, 3.63) is 0 Å². The van der Waals surface area contributed by atoms with Crippen LogP contribution in [0, 0.1) is 0 Å². The molecule has 0 aromatic heterocycles. The molecule has 0 spiro atoms. The van der Waals surface area contributed by atoms with Crippen molar-refractivity contribution >= 4 is 43.7 Å². The van der Waals surface area contributed by atoms with Crippen molar-refractivity contribution in [1.29, 1.82) is 0 Å². The van der Waals surface area contributed by atoms with Gasteiger partial charge in [0, 0.05) is 0 Å². The van der Waals surface area contributed by atoms with E-state index in [9.17, 15) is 4.79 Å². The minimum Gasteiger partial charge on any atom is -2.00 e. The molecule has 0 fully saturated rings. The van der Waals surface area contributed by atoms with Gasteiger partial charge in [0.25, 0.3) is 0 Å². The summed E-state index contributed by atoms with van der Waals surface area (Å²) in [7, 11) is 0. The van der Waals surface area contributed by atoms with Gasteiger partial charge in [-0.15, -0.1) is 0 Å². The van der Waals surface area contributed by atoms with Crippen LogP contribution in [0.4, 0.5) is 0 Å². The molecule has 0 amide bonds. The first kappa shape index (κ1) is 18.4. The van der Waals surface area contributed by atoms with Crippen LogP contribution in [0.5, 0.6) is 0 Å². The van der Waals surface area contributed by atoms with E-state index in [2.05, 4.69) is 0 Å². The predicted octanol–water partition coefficient (Wildman–Crippen LogP) is -0.972. The van der Waals surface area contributed by atoms with Crippen LogP contribution in [0.1, 0.15) is 19.3 Å². The number of hydrogen-bond acceptors (Lipinski definition) is 3. The Hall–Kier alpha value is 0.610. The first-order chi connectivity index (χ1) is 4.68. The van der Waals surface area contributed by atoms with Gasteiger partial charge in [0.1, 0.15) is 6.04 Å². The Bertz CT molecular complexity index is 113. The molecule has 0 aliphatic heterocycles. The molecule has 0 heterocycles. The number of hydrogen-bond donors (Lipinski definition) is 3. The molecule has 0 bridgehead atoms. The first-order valence-electron chi connectivity index (χ1n) is 3.37. The van der Waals surface area contributed by atoms with Crippen LogP contribution in [-0.4, -0.2) is 61.4 Å². The topological polar surface area (TPSA) is 118 Å². The van der Waals surface area contributed by atoms with Crippen LogP contribution in [0.3, 0.4) is 0 Å². The Morgan fingerprint density at radius 1 is 1.42 bits per heavy atom. The number of rotatable bonds is 5. The van der Waals surface area contributed by atoms with Crippen molar-refractivity contribution in [2.75, 3.05) is 6.54 Å². The van der Waals surface area contributed by atoms with Crippen LogP contribution >= 0.6 is 0 Å². The molecule has 0 rings (SSSR count). The van der Waals surface area contributed by atoms with Crippen molar-refractivity contribution in [1.82, 2.24) is 0 Å². The zero-order valence-electron chi connectivity index (χ0n) is 7.03. The average Bonchev–Trinajstić information content (AvgIpc) is 1.88. The van der Waals surface area contributed by atoms with E-state index in [4.69, 9.17) is 16.6 Å². The summed E-state index contributed by atoms with van der Waals surface area (Å²) in [5, 5.41) is 8.33. The smallest absolute Gasteiger partial charge is 2.00 e. The SMILES string of the molecule is NCCCC[C@H](N)C(=O)O.[Ca+2].[O-2]. The molecular weight excluding hydrogens is 188 g/mol. The van der Waals surface area contributed by atoms with Crippen LogP contribution in [0.25, 0.3) is 0 Å². The molecule has 1 atom stereocenters. The summed E-state index contributed by atoms with van der Waals surface area (Å²) < 4.78 is 0. The van der Waals surface area contributed by atoms with Crippen molar-refractivity contribution in [3.63, 3.8) is 0 Å². The Labute approximate surface area is 102 Å². The molecule has 0 saturated heterocycles. The first-order valence-corrected chi connectivity index (χ1v) is 3.37. The second-order valence-corrected chi connectivity index (χ2v) is 2.23. The fourth-order valence-corrected chi connectivity index (χ4v) is 0.632. The van der Waals surface area contributed by atoms with Gasteiger partial charge >= 0.3 is 43.7 Å². The molecule has 5 nitrogen and oxygen atoms in total. The van der Waals surface area contributed by atoms with E-state index in [1.807, 2.05) is 0 Å². The largest absolute Gasteiger partial charge is 2.00 e. The summed E-state index contributed by atoms with van der Waals surface area (Å²) >= 11 is 0. The second-order valence-electron chi connectivity index (χ2n) is 2.23. The molecule has 0 aromatic carbocycles. The van der Waals surface area contributed by atoms with E-state index < -0.39 is 12.0 Å². The van der Waals surface area contributed by atoms with Gasteiger partial charge in [-0.05, 0) is 19.4 Å². The molecule has 6 heteroatoms. The van der Waals surface area contributed by atoms with E-state index in [0.29, 0.717) is 13.0 Å². The molecule has 0 unspecified atom stereocenters. The van der Waals surface area contributed by atoms with E-state index >= 15 is 0 Å². The van der Waals surface area contributed by atoms with Crippen molar-refractivity contribution in [2.24, 2.45) is 11.5 Å². The third-order valence-corrected chi connectivity index (χ3v) is 1.29. The molecule has 68 valence electrons. The third kappa shape index (κ3) is 10.6. The van der Waals surface area contributed by atoms with E-state index in [0.717, 1.165) is 12.8 Å². The summed E-state index contributed by atoms with van der Waals surface area (Å²) in [4.78, 5) is 10.1. The molecule has 0 aliphatic rings. The minimum absolute atomic E-state index is 0. The maximum atomic E-state index is 10.1. The Kier molecular flexibility index (Phi) is 17.8. The fourth-order valence-electron chi connectivity index (χ4n) is 0.632. The van der Waals surface area contributed by atoms with Crippen molar-refractivity contribution < 1.29 is 15.4 Å². The van der Waals surface area contributed by atoms with Gasteiger partial charge in [-0.25, -0.2) is 0 Å². The van der Waals surface area contributed by atoms with Gasteiger partial charge in [0.2, 0.25) is 0 Å². The van der Waals surface area contributed by atoms with E-state index in [-0.39, 0.29) is 43.2 Å². The second kappa shape index (κ2) is 11.6. The fraction of sp³-hybridized carbons (Fsp3) is 0.833. The van der Waals surface area contributed by atoms with Gasteiger partial charge < -0.3 is 22.1 Å². The van der Waals surface area contributed by atoms with E-state index in [1.54, 1.807) is 0 Å². The quantitative estimate of drug-likeness (QED) is 0.392. The maximum Gasteiger partial charge on any atom is 2.00 e. The monoisotopic (exact) mass is 202 g/mol. The van der Waals surface area contributed by atoms with Crippen LogP contribution in [-0.2, 0) is 10.3 Å². The van der Waals surface area contributed by atoms with Crippen molar-refractivity contribution in [3.8, 4) is 0 Å². The van der Waals surface area contributed by atoms with Crippen molar-refractivity contribution in [2.45, 2.75) is 25.3 Å². The third-order valence-electron chi connectivity index (χ3n) is 1.29. The number of nitrogens with two attached hydrogens (primary N) is 2. The zero-order valence-corrected chi connectivity index (χ0v) is 9.24. The number of unbranched alkanes of at least 4 members (excludes halogenated alkanes) is 1. The molecular formula is C6H14CaN2O3. The van der Waals surface area contributed by atoms with Gasteiger partial charge in [0.05, 0.1) is 0 Å². The average molecular weight is 202 g/mol. The normalized spacial score (nSPS) is 10.8. The summed E-state index contributed by atoms with van der Waals surface area (Å²) in [6.07, 6.45) is 2.16. The molecule has 0 aromatic rings. The molecule has 0 aliphatic carbocycles. The van der Waals surface area contributed by atoms with Gasteiger partial charge in [-0.2, -0.15) is 0 Å². The van der Waals surface area contributed by atoms with Gasteiger partial charge in [-0.3, -0.25) is 4.79 Å². The molecule has 5 N–H and O–H groups in total. The summed E-state index contributed by atoms with van der Waals surface area (Å²) in [5.41, 5.74) is 10.4. The standard InChI is InChI=1S/C6H14N2O2.Ca.O/c7-4-2-1-3-5(8)6(9)10;;/h5H,1-4,7-8H2,(H,9,10);;/q;+2;-2/t5-;;/m0../s1. The molecule has 0 radical (unpaired) electrons. The minimum atomic E-state index is -0.933. The maximum absolute atomic E-state index is 10.1. The number of carboxylic acid groups (broad SMARTS) is 1. The van der Waals surface area contributed by atoms with Crippen LogP contribution < -0.4 is 11.5 Å².